The largest absolute Gasteiger partial charge is 0.490 e. The zero-order chi connectivity index (χ0) is 13.2. The number of hydrogen-bond donors (Lipinski definition) is 0. The van der Waals surface area contributed by atoms with Gasteiger partial charge in [-0.25, -0.2) is 4.98 Å². The van der Waals surface area contributed by atoms with Crippen molar-refractivity contribution in [3.63, 3.8) is 0 Å². The standard InChI is InChI=1S/C15H13ClN2O/c1-2-19-14-4-3-9-18-10-13(17-15(14)18)11-5-7-12(16)8-6-11/h3-10H,2H2,1H3. The molecule has 3 rings (SSSR count). The predicted octanol–water partition coefficient (Wildman–Crippen LogP) is 4.05. The topological polar surface area (TPSA) is 26.5 Å². The zero-order valence-corrected chi connectivity index (χ0v) is 11.3. The summed E-state index contributed by atoms with van der Waals surface area (Å²) >= 11 is 5.90. The second-order valence-corrected chi connectivity index (χ2v) is 4.61. The van der Waals surface area contributed by atoms with Crippen molar-refractivity contribution in [1.29, 1.82) is 0 Å². The van der Waals surface area contributed by atoms with Crippen molar-refractivity contribution in [3.05, 3.63) is 53.8 Å². The second-order valence-electron chi connectivity index (χ2n) is 4.17. The fourth-order valence-corrected chi connectivity index (χ4v) is 2.14. The van der Waals surface area contributed by atoms with Crippen molar-refractivity contribution in [1.82, 2.24) is 9.38 Å². The van der Waals surface area contributed by atoms with E-state index in [4.69, 9.17) is 16.3 Å². The van der Waals surface area contributed by atoms with Crippen molar-refractivity contribution >= 4 is 17.2 Å². The van der Waals surface area contributed by atoms with Crippen LogP contribution in [0.5, 0.6) is 5.75 Å². The summed E-state index contributed by atoms with van der Waals surface area (Å²) < 4.78 is 7.55. The van der Waals surface area contributed by atoms with Crippen molar-refractivity contribution in [2.75, 3.05) is 6.61 Å². The lowest BCUT2D eigenvalue weighted by atomic mass is 10.2. The van der Waals surface area contributed by atoms with Gasteiger partial charge in [0.1, 0.15) is 0 Å². The van der Waals surface area contributed by atoms with Crippen molar-refractivity contribution < 1.29 is 4.74 Å². The summed E-state index contributed by atoms with van der Waals surface area (Å²) in [5.41, 5.74) is 2.77. The molecule has 0 fully saturated rings. The number of halogens is 1. The molecule has 0 atom stereocenters. The summed E-state index contributed by atoms with van der Waals surface area (Å²) in [6.45, 7) is 2.59. The molecule has 2 aromatic heterocycles. The molecule has 0 bridgehead atoms. The number of nitrogens with zero attached hydrogens (tertiary/aromatic N) is 2. The minimum absolute atomic E-state index is 0.628. The number of ether oxygens (including phenoxy) is 1. The molecule has 0 unspecified atom stereocenters. The molecular formula is C15H13ClN2O. The summed E-state index contributed by atoms with van der Waals surface area (Å²) in [6.07, 6.45) is 3.95. The lowest BCUT2D eigenvalue weighted by molar-refractivity contribution is 0.342. The Morgan fingerprint density at radius 1 is 1.21 bits per heavy atom. The third kappa shape index (κ3) is 2.29. The summed E-state index contributed by atoms with van der Waals surface area (Å²) in [5.74, 6) is 0.796. The molecule has 0 aliphatic carbocycles. The van der Waals surface area contributed by atoms with Crippen LogP contribution < -0.4 is 4.74 Å². The Bertz CT molecular complexity index is 704. The number of pyridine rings is 1. The Labute approximate surface area is 116 Å². The zero-order valence-electron chi connectivity index (χ0n) is 10.5. The van der Waals surface area contributed by atoms with E-state index in [1.807, 2.05) is 60.1 Å². The fraction of sp³-hybridized carbons (Fsp3) is 0.133. The van der Waals surface area contributed by atoms with Gasteiger partial charge in [0, 0.05) is 23.0 Å². The van der Waals surface area contributed by atoms with Gasteiger partial charge >= 0.3 is 0 Å². The minimum Gasteiger partial charge on any atom is -0.490 e. The fourth-order valence-electron chi connectivity index (χ4n) is 2.02. The van der Waals surface area contributed by atoms with E-state index in [0.29, 0.717) is 6.61 Å². The minimum atomic E-state index is 0.628. The molecule has 3 aromatic rings. The van der Waals surface area contributed by atoms with Gasteiger partial charge in [-0.15, -0.1) is 0 Å². The molecule has 19 heavy (non-hydrogen) atoms. The van der Waals surface area contributed by atoms with Crippen LogP contribution in [0.3, 0.4) is 0 Å². The number of aromatic nitrogens is 2. The van der Waals surface area contributed by atoms with Crippen LogP contribution in [0.4, 0.5) is 0 Å². The molecule has 4 heteroatoms. The molecule has 1 aromatic carbocycles. The molecule has 0 aliphatic heterocycles. The van der Waals surface area contributed by atoms with Crippen LogP contribution in [0.15, 0.2) is 48.8 Å². The van der Waals surface area contributed by atoms with E-state index in [1.54, 1.807) is 0 Å². The normalized spacial score (nSPS) is 10.8. The van der Waals surface area contributed by atoms with Crippen LogP contribution in [0.25, 0.3) is 16.9 Å². The molecule has 3 nitrogen and oxygen atoms in total. The maximum absolute atomic E-state index is 5.90. The molecule has 96 valence electrons. The van der Waals surface area contributed by atoms with Gasteiger partial charge in [0.15, 0.2) is 11.4 Å². The van der Waals surface area contributed by atoms with Crippen molar-refractivity contribution in [2.24, 2.45) is 0 Å². The van der Waals surface area contributed by atoms with Crippen molar-refractivity contribution in [3.8, 4) is 17.0 Å². The average molecular weight is 273 g/mol. The van der Waals surface area contributed by atoms with Crippen LogP contribution in [-0.2, 0) is 0 Å². The van der Waals surface area contributed by atoms with E-state index in [-0.39, 0.29) is 0 Å². The lowest BCUT2D eigenvalue weighted by Gasteiger charge is -2.03. The maximum Gasteiger partial charge on any atom is 0.180 e. The molecule has 2 heterocycles. The highest BCUT2D eigenvalue weighted by atomic mass is 35.5. The Morgan fingerprint density at radius 2 is 2.00 bits per heavy atom. The molecule has 0 amide bonds. The summed E-state index contributed by atoms with van der Waals surface area (Å²) in [7, 11) is 0. The lowest BCUT2D eigenvalue weighted by Crippen LogP contribution is -1.94. The Hall–Kier alpha value is -2.00. The Balaban J connectivity index is 2.11. The molecule has 0 aliphatic rings. The van der Waals surface area contributed by atoms with Crippen LogP contribution in [-0.4, -0.2) is 16.0 Å². The van der Waals surface area contributed by atoms with Crippen LogP contribution in [0.1, 0.15) is 6.92 Å². The number of imidazole rings is 1. The third-order valence-electron chi connectivity index (χ3n) is 2.89. The van der Waals surface area contributed by atoms with Gasteiger partial charge in [0.25, 0.3) is 0 Å². The monoisotopic (exact) mass is 272 g/mol. The Kier molecular flexibility index (Phi) is 3.13. The van der Waals surface area contributed by atoms with Gasteiger partial charge in [-0.2, -0.15) is 0 Å². The van der Waals surface area contributed by atoms with E-state index in [1.165, 1.54) is 0 Å². The number of fused-ring (bicyclic) bond motifs is 1. The first kappa shape index (κ1) is 12.1. The van der Waals surface area contributed by atoms with Crippen molar-refractivity contribution in [2.45, 2.75) is 6.92 Å². The van der Waals surface area contributed by atoms with Crippen LogP contribution >= 0.6 is 11.6 Å². The van der Waals surface area contributed by atoms with Gasteiger partial charge in [-0.3, -0.25) is 0 Å². The number of hydrogen-bond acceptors (Lipinski definition) is 2. The van der Waals surface area contributed by atoms with E-state index in [0.717, 1.165) is 27.7 Å². The second kappa shape index (κ2) is 4.94. The van der Waals surface area contributed by atoms with Gasteiger partial charge in [0.2, 0.25) is 0 Å². The van der Waals surface area contributed by atoms with Crippen LogP contribution in [0.2, 0.25) is 5.02 Å². The van der Waals surface area contributed by atoms with E-state index >= 15 is 0 Å². The quantitative estimate of drug-likeness (QED) is 0.719. The smallest absolute Gasteiger partial charge is 0.180 e. The summed E-state index contributed by atoms with van der Waals surface area (Å²) in [6, 6.07) is 11.5. The first-order valence-electron chi connectivity index (χ1n) is 6.14. The predicted molar refractivity (Wildman–Crippen MR) is 76.8 cm³/mol. The molecule has 0 saturated heterocycles. The number of benzene rings is 1. The Morgan fingerprint density at radius 3 is 2.74 bits per heavy atom. The molecule has 0 N–H and O–H groups in total. The van der Waals surface area contributed by atoms with Crippen LogP contribution in [0, 0.1) is 0 Å². The summed E-state index contributed by atoms with van der Waals surface area (Å²) in [4.78, 5) is 4.63. The highest BCUT2D eigenvalue weighted by Crippen LogP contribution is 2.25. The summed E-state index contributed by atoms with van der Waals surface area (Å²) in [5, 5.41) is 0.725. The van der Waals surface area contributed by atoms with E-state index < -0.39 is 0 Å². The van der Waals surface area contributed by atoms with E-state index in [2.05, 4.69) is 4.98 Å². The van der Waals surface area contributed by atoms with Gasteiger partial charge in [-0.05, 0) is 31.2 Å². The van der Waals surface area contributed by atoms with E-state index in [9.17, 15) is 0 Å². The molecule has 0 radical (unpaired) electrons. The van der Waals surface area contributed by atoms with Gasteiger partial charge in [-0.1, -0.05) is 23.7 Å². The average Bonchev–Trinajstić information content (AvgIpc) is 2.85. The highest BCUT2D eigenvalue weighted by Gasteiger charge is 2.08. The number of rotatable bonds is 3. The third-order valence-corrected chi connectivity index (χ3v) is 3.14. The molecular weight excluding hydrogens is 260 g/mol. The maximum atomic E-state index is 5.90. The SMILES string of the molecule is CCOc1cccn2cc(-c3ccc(Cl)cc3)nc12. The molecule has 0 saturated carbocycles. The highest BCUT2D eigenvalue weighted by molar-refractivity contribution is 6.30. The first-order valence-corrected chi connectivity index (χ1v) is 6.52. The van der Waals surface area contributed by atoms with Gasteiger partial charge in [0.05, 0.1) is 12.3 Å². The first-order chi connectivity index (χ1) is 9.28. The molecule has 0 spiro atoms. The van der Waals surface area contributed by atoms with Gasteiger partial charge < -0.3 is 9.14 Å².